The molecule has 3 heterocycles. The molecule has 2 atom stereocenters. The summed E-state index contributed by atoms with van der Waals surface area (Å²) in [5.74, 6) is -0.860. The van der Waals surface area contributed by atoms with Gasteiger partial charge in [0.15, 0.2) is 0 Å². The normalized spacial score (nSPS) is 29.2. The number of hydrogen-bond donors (Lipinski definition) is 1. The zero-order chi connectivity index (χ0) is 14.2. The van der Waals surface area contributed by atoms with E-state index < -0.39 is 11.4 Å². The van der Waals surface area contributed by atoms with Crippen LogP contribution in [-0.2, 0) is 20.7 Å². The summed E-state index contributed by atoms with van der Waals surface area (Å²) in [5.41, 5.74) is -0.802. The number of amides is 1. The molecule has 2 aliphatic heterocycles. The number of nitrogens with zero attached hydrogens (tertiary/aromatic N) is 1. The number of thiophene rings is 1. The van der Waals surface area contributed by atoms with E-state index in [9.17, 15) is 14.7 Å². The van der Waals surface area contributed by atoms with E-state index in [-0.39, 0.29) is 11.8 Å². The molecule has 5 nitrogen and oxygen atoms in total. The second kappa shape index (κ2) is 5.18. The molecule has 0 spiro atoms. The van der Waals surface area contributed by atoms with Crippen molar-refractivity contribution in [2.24, 2.45) is 11.3 Å². The number of carbonyl (C=O) groups excluding carboxylic acids is 1. The molecule has 0 saturated carbocycles. The van der Waals surface area contributed by atoms with Crippen molar-refractivity contribution in [2.45, 2.75) is 12.8 Å². The summed E-state index contributed by atoms with van der Waals surface area (Å²) in [6, 6.07) is 3.85. The number of carboxylic acids is 1. The Morgan fingerprint density at radius 1 is 1.55 bits per heavy atom. The Hall–Kier alpha value is -1.40. The summed E-state index contributed by atoms with van der Waals surface area (Å²) < 4.78 is 5.39. The third kappa shape index (κ3) is 2.23. The van der Waals surface area contributed by atoms with Crippen LogP contribution in [0, 0.1) is 11.3 Å². The minimum atomic E-state index is -0.802. The average molecular weight is 295 g/mol. The monoisotopic (exact) mass is 295 g/mol. The Morgan fingerprint density at radius 2 is 2.40 bits per heavy atom. The molecule has 0 bridgehead atoms. The lowest BCUT2D eigenvalue weighted by Crippen LogP contribution is -2.45. The smallest absolute Gasteiger partial charge is 0.311 e. The first kappa shape index (κ1) is 13.6. The zero-order valence-electron chi connectivity index (χ0n) is 11.1. The van der Waals surface area contributed by atoms with Gasteiger partial charge < -0.3 is 14.7 Å². The zero-order valence-corrected chi connectivity index (χ0v) is 11.9. The predicted molar refractivity (Wildman–Crippen MR) is 73.6 cm³/mol. The third-order valence-electron chi connectivity index (χ3n) is 4.39. The lowest BCUT2D eigenvalue weighted by atomic mass is 9.74. The Bertz CT molecular complexity index is 515. The first-order valence-corrected chi connectivity index (χ1v) is 7.61. The van der Waals surface area contributed by atoms with Gasteiger partial charge in [-0.15, -0.1) is 11.3 Å². The SMILES string of the molecule is O=C(Cc1cccs1)N1C[C@H]2COCC[C@@]2(C(=O)O)C1. The molecule has 1 aromatic rings. The minimum absolute atomic E-state index is 0.0162. The highest BCUT2D eigenvalue weighted by Gasteiger charge is 2.54. The highest BCUT2D eigenvalue weighted by Crippen LogP contribution is 2.42. The van der Waals surface area contributed by atoms with Gasteiger partial charge in [-0.3, -0.25) is 9.59 Å². The molecule has 0 aliphatic carbocycles. The Balaban J connectivity index is 1.73. The maximum atomic E-state index is 12.3. The number of likely N-dealkylation sites (tertiary alicyclic amines) is 1. The third-order valence-corrected chi connectivity index (χ3v) is 5.27. The number of rotatable bonds is 3. The molecule has 20 heavy (non-hydrogen) atoms. The molecule has 2 fully saturated rings. The van der Waals surface area contributed by atoms with E-state index in [4.69, 9.17) is 4.74 Å². The van der Waals surface area contributed by atoms with Gasteiger partial charge in [-0.05, 0) is 17.9 Å². The molecule has 1 aromatic heterocycles. The van der Waals surface area contributed by atoms with E-state index >= 15 is 0 Å². The second-order valence-electron chi connectivity index (χ2n) is 5.51. The standard InChI is InChI=1S/C14H17NO4S/c16-12(6-11-2-1-5-20-11)15-7-10-8-19-4-3-14(10,9-15)13(17)18/h1-2,5,10H,3-4,6-9H2,(H,17,18)/t10-,14+/m0/s1. The molecular formula is C14H17NO4S. The highest BCUT2D eigenvalue weighted by molar-refractivity contribution is 7.10. The van der Waals surface area contributed by atoms with E-state index in [1.54, 1.807) is 16.2 Å². The number of carbonyl (C=O) groups is 2. The van der Waals surface area contributed by atoms with Crippen molar-refractivity contribution in [3.05, 3.63) is 22.4 Å². The van der Waals surface area contributed by atoms with Crippen LogP contribution in [0.3, 0.4) is 0 Å². The molecule has 108 valence electrons. The van der Waals surface area contributed by atoms with Crippen molar-refractivity contribution < 1.29 is 19.4 Å². The number of fused-ring (bicyclic) bond motifs is 1. The van der Waals surface area contributed by atoms with Gasteiger partial charge in [0, 0.05) is 30.5 Å². The van der Waals surface area contributed by atoms with Crippen molar-refractivity contribution in [2.75, 3.05) is 26.3 Å². The lowest BCUT2D eigenvalue weighted by Gasteiger charge is -2.33. The molecule has 2 aliphatic rings. The van der Waals surface area contributed by atoms with E-state index in [1.807, 2.05) is 17.5 Å². The van der Waals surface area contributed by atoms with Gasteiger partial charge in [0.25, 0.3) is 0 Å². The van der Waals surface area contributed by atoms with Crippen molar-refractivity contribution in [3.63, 3.8) is 0 Å². The lowest BCUT2D eigenvalue weighted by molar-refractivity contribution is -0.157. The van der Waals surface area contributed by atoms with Crippen LogP contribution in [0.1, 0.15) is 11.3 Å². The van der Waals surface area contributed by atoms with E-state index in [1.165, 1.54) is 0 Å². The van der Waals surface area contributed by atoms with Gasteiger partial charge in [-0.25, -0.2) is 0 Å². The molecule has 1 N–H and O–H groups in total. The van der Waals surface area contributed by atoms with Gasteiger partial charge in [0.2, 0.25) is 5.91 Å². The Kier molecular flexibility index (Phi) is 3.52. The number of carboxylic acid groups (broad SMARTS) is 1. The molecule has 0 unspecified atom stereocenters. The summed E-state index contributed by atoms with van der Waals surface area (Å²) in [6.45, 7) is 1.72. The summed E-state index contributed by atoms with van der Waals surface area (Å²) in [5, 5.41) is 11.5. The van der Waals surface area contributed by atoms with Crippen LogP contribution in [0.5, 0.6) is 0 Å². The topological polar surface area (TPSA) is 66.8 Å². The minimum Gasteiger partial charge on any atom is -0.481 e. The van der Waals surface area contributed by atoms with Gasteiger partial charge in [0.05, 0.1) is 18.4 Å². The molecule has 3 rings (SSSR count). The second-order valence-corrected chi connectivity index (χ2v) is 6.55. The summed E-state index contributed by atoms with van der Waals surface area (Å²) in [4.78, 5) is 26.7. The van der Waals surface area contributed by atoms with Crippen LogP contribution in [-0.4, -0.2) is 48.2 Å². The highest BCUT2D eigenvalue weighted by atomic mass is 32.1. The molecule has 2 saturated heterocycles. The van der Waals surface area contributed by atoms with Crippen molar-refractivity contribution >= 4 is 23.2 Å². The molecular weight excluding hydrogens is 278 g/mol. The van der Waals surface area contributed by atoms with Crippen molar-refractivity contribution in [3.8, 4) is 0 Å². The van der Waals surface area contributed by atoms with Crippen LogP contribution >= 0.6 is 11.3 Å². The first-order valence-electron chi connectivity index (χ1n) is 6.73. The fourth-order valence-electron chi connectivity index (χ4n) is 3.16. The van der Waals surface area contributed by atoms with Gasteiger partial charge >= 0.3 is 5.97 Å². The molecule has 0 radical (unpaired) electrons. The fraction of sp³-hybridized carbons (Fsp3) is 0.571. The van der Waals surface area contributed by atoms with Crippen LogP contribution < -0.4 is 0 Å². The maximum absolute atomic E-state index is 12.3. The van der Waals surface area contributed by atoms with E-state index in [0.29, 0.717) is 39.1 Å². The largest absolute Gasteiger partial charge is 0.481 e. The average Bonchev–Trinajstić information content (AvgIpc) is 3.05. The summed E-state index contributed by atoms with van der Waals surface area (Å²) in [7, 11) is 0. The number of hydrogen-bond acceptors (Lipinski definition) is 4. The molecule has 6 heteroatoms. The molecule has 0 aromatic carbocycles. The molecule has 1 amide bonds. The fourth-order valence-corrected chi connectivity index (χ4v) is 3.86. The van der Waals surface area contributed by atoms with Crippen LogP contribution in [0.4, 0.5) is 0 Å². The van der Waals surface area contributed by atoms with Crippen LogP contribution in [0.2, 0.25) is 0 Å². The summed E-state index contributed by atoms with van der Waals surface area (Å²) >= 11 is 1.55. The first-order chi connectivity index (χ1) is 9.62. The van der Waals surface area contributed by atoms with Gasteiger partial charge in [0.1, 0.15) is 0 Å². The van der Waals surface area contributed by atoms with Crippen molar-refractivity contribution in [1.82, 2.24) is 4.90 Å². The summed E-state index contributed by atoms with van der Waals surface area (Å²) in [6.07, 6.45) is 0.858. The Labute approximate surface area is 121 Å². The van der Waals surface area contributed by atoms with Crippen LogP contribution in [0.15, 0.2) is 17.5 Å². The number of aliphatic carboxylic acids is 1. The number of ether oxygens (including phenoxy) is 1. The van der Waals surface area contributed by atoms with Gasteiger partial charge in [-0.2, -0.15) is 0 Å². The van der Waals surface area contributed by atoms with Gasteiger partial charge in [-0.1, -0.05) is 6.07 Å². The van der Waals surface area contributed by atoms with Crippen molar-refractivity contribution in [1.29, 1.82) is 0 Å². The Morgan fingerprint density at radius 3 is 3.05 bits per heavy atom. The van der Waals surface area contributed by atoms with Crippen LogP contribution in [0.25, 0.3) is 0 Å². The van der Waals surface area contributed by atoms with E-state index in [2.05, 4.69) is 0 Å². The maximum Gasteiger partial charge on any atom is 0.311 e. The quantitative estimate of drug-likeness (QED) is 0.911. The van der Waals surface area contributed by atoms with E-state index in [0.717, 1.165) is 4.88 Å². The predicted octanol–water partition coefficient (Wildman–Crippen LogP) is 1.24.